The summed E-state index contributed by atoms with van der Waals surface area (Å²) in [6.45, 7) is 5.94. The summed E-state index contributed by atoms with van der Waals surface area (Å²) in [7, 11) is 1.69. The number of rotatable bonds is 3. The molecule has 0 aromatic heterocycles. The lowest BCUT2D eigenvalue weighted by molar-refractivity contribution is 0.0764. The monoisotopic (exact) mass is 274 g/mol. The van der Waals surface area contributed by atoms with E-state index in [1.807, 2.05) is 24.8 Å². The van der Waals surface area contributed by atoms with Gasteiger partial charge in [0.2, 0.25) is 0 Å². The Labute approximate surface area is 120 Å². The second-order valence-corrected chi connectivity index (χ2v) is 5.32. The molecule has 0 spiro atoms. The maximum absolute atomic E-state index is 12.6. The van der Waals surface area contributed by atoms with E-state index in [-0.39, 0.29) is 5.91 Å². The average molecular weight is 274 g/mol. The Balaban J connectivity index is 2.15. The number of carbonyl (C=O) groups excluding carboxylic acids is 1. The third-order valence-electron chi connectivity index (χ3n) is 3.76. The van der Waals surface area contributed by atoms with Crippen molar-refractivity contribution in [3.8, 4) is 0 Å². The van der Waals surface area contributed by atoms with Crippen LogP contribution in [0.5, 0.6) is 0 Å². The molecular weight excluding hydrogens is 252 g/mol. The minimum absolute atomic E-state index is 0.0573. The molecule has 0 bridgehead atoms. The topological polar surface area (TPSA) is 55.6 Å². The fraction of sp³-hybridized carbons (Fsp3) is 0.438. The van der Waals surface area contributed by atoms with Crippen molar-refractivity contribution in [2.45, 2.75) is 20.3 Å². The first-order valence-electron chi connectivity index (χ1n) is 6.85. The summed E-state index contributed by atoms with van der Waals surface area (Å²) in [5.41, 5.74) is 10.6. The van der Waals surface area contributed by atoms with Crippen LogP contribution in [0.1, 0.15) is 27.9 Å². The van der Waals surface area contributed by atoms with Gasteiger partial charge < -0.3 is 15.4 Å². The van der Waals surface area contributed by atoms with Gasteiger partial charge in [-0.2, -0.15) is 0 Å². The smallest absolute Gasteiger partial charge is 0.254 e. The number of amides is 1. The first-order chi connectivity index (χ1) is 9.52. The van der Waals surface area contributed by atoms with Gasteiger partial charge in [-0.25, -0.2) is 0 Å². The second kappa shape index (κ2) is 6.09. The van der Waals surface area contributed by atoms with Gasteiger partial charge >= 0.3 is 0 Å². The van der Waals surface area contributed by atoms with E-state index in [1.165, 1.54) is 5.57 Å². The number of benzene rings is 1. The summed E-state index contributed by atoms with van der Waals surface area (Å²) in [5, 5.41) is 0. The molecule has 1 aliphatic rings. The van der Waals surface area contributed by atoms with Crippen LogP contribution in [-0.2, 0) is 4.74 Å². The Morgan fingerprint density at radius 2 is 2.10 bits per heavy atom. The van der Waals surface area contributed by atoms with Gasteiger partial charge in [0.25, 0.3) is 5.91 Å². The Kier molecular flexibility index (Phi) is 4.45. The zero-order valence-electron chi connectivity index (χ0n) is 12.4. The maximum Gasteiger partial charge on any atom is 0.254 e. The molecule has 0 unspecified atom stereocenters. The van der Waals surface area contributed by atoms with Crippen molar-refractivity contribution in [3.63, 3.8) is 0 Å². The number of carbonyl (C=O) groups is 1. The van der Waals surface area contributed by atoms with Crippen LogP contribution < -0.4 is 5.73 Å². The lowest BCUT2D eigenvalue weighted by atomic mass is 10.0. The van der Waals surface area contributed by atoms with Gasteiger partial charge in [0.15, 0.2) is 0 Å². The first-order valence-corrected chi connectivity index (χ1v) is 6.85. The maximum atomic E-state index is 12.6. The second-order valence-electron chi connectivity index (χ2n) is 5.32. The molecule has 1 aromatic carbocycles. The van der Waals surface area contributed by atoms with Crippen molar-refractivity contribution in [3.05, 3.63) is 40.5 Å². The number of anilines is 1. The van der Waals surface area contributed by atoms with E-state index in [2.05, 4.69) is 6.08 Å². The largest absolute Gasteiger partial charge is 0.398 e. The minimum atomic E-state index is 0.0573. The fourth-order valence-electron chi connectivity index (χ4n) is 2.48. The highest BCUT2D eigenvalue weighted by Gasteiger charge is 2.20. The third kappa shape index (κ3) is 3.02. The summed E-state index contributed by atoms with van der Waals surface area (Å²) in [4.78, 5) is 14.4. The summed E-state index contributed by atoms with van der Waals surface area (Å²) in [6, 6.07) is 3.76. The number of aryl methyl sites for hydroxylation is 2. The van der Waals surface area contributed by atoms with E-state index in [1.54, 1.807) is 13.2 Å². The quantitative estimate of drug-likeness (QED) is 0.679. The van der Waals surface area contributed by atoms with Crippen LogP contribution in [0.25, 0.3) is 0 Å². The molecule has 2 N–H and O–H groups in total. The van der Waals surface area contributed by atoms with Gasteiger partial charge in [-0.1, -0.05) is 12.1 Å². The molecule has 0 saturated heterocycles. The number of nitrogens with two attached hydrogens (primary N) is 1. The molecule has 0 atom stereocenters. The van der Waals surface area contributed by atoms with Crippen molar-refractivity contribution in [1.29, 1.82) is 0 Å². The first kappa shape index (κ1) is 14.6. The zero-order chi connectivity index (χ0) is 14.7. The van der Waals surface area contributed by atoms with Crippen LogP contribution in [0.2, 0.25) is 0 Å². The third-order valence-corrected chi connectivity index (χ3v) is 3.76. The van der Waals surface area contributed by atoms with Gasteiger partial charge in [0, 0.05) is 31.5 Å². The average Bonchev–Trinajstić information content (AvgIpc) is 2.43. The number of nitrogens with zero attached hydrogens (tertiary/aromatic N) is 1. The highest BCUT2D eigenvalue weighted by molar-refractivity contribution is 5.97. The molecule has 4 heteroatoms. The van der Waals surface area contributed by atoms with E-state index in [9.17, 15) is 4.79 Å². The Morgan fingerprint density at radius 1 is 1.35 bits per heavy atom. The fourth-order valence-corrected chi connectivity index (χ4v) is 2.48. The molecule has 0 saturated carbocycles. The molecule has 0 fully saturated rings. The Morgan fingerprint density at radius 3 is 2.70 bits per heavy atom. The van der Waals surface area contributed by atoms with E-state index in [0.717, 1.165) is 24.1 Å². The van der Waals surface area contributed by atoms with Gasteiger partial charge in [-0.15, -0.1) is 0 Å². The SMILES string of the molecule is COCC1=CCN(C(=O)c2cc(N)c(C)cc2C)CC1. The molecular formula is C16H22N2O2. The van der Waals surface area contributed by atoms with Crippen LogP contribution in [0.15, 0.2) is 23.8 Å². The summed E-state index contributed by atoms with van der Waals surface area (Å²) in [5.74, 6) is 0.0573. The molecule has 20 heavy (non-hydrogen) atoms. The molecule has 1 aromatic rings. The van der Waals surface area contributed by atoms with Crippen molar-refractivity contribution in [1.82, 2.24) is 4.90 Å². The molecule has 0 aliphatic carbocycles. The van der Waals surface area contributed by atoms with Gasteiger partial charge in [0.1, 0.15) is 0 Å². The van der Waals surface area contributed by atoms with E-state index in [4.69, 9.17) is 10.5 Å². The van der Waals surface area contributed by atoms with Crippen molar-refractivity contribution in [2.24, 2.45) is 0 Å². The molecule has 4 nitrogen and oxygen atoms in total. The van der Waals surface area contributed by atoms with Crippen molar-refractivity contribution < 1.29 is 9.53 Å². The molecule has 1 amide bonds. The molecule has 1 aliphatic heterocycles. The summed E-state index contributed by atoms with van der Waals surface area (Å²) >= 11 is 0. The molecule has 1 heterocycles. The van der Waals surface area contributed by atoms with Crippen molar-refractivity contribution >= 4 is 11.6 Å². The number of hydrogen-bond acceptors (Lipinski definition) is 3. The van der Waals surface area contributed by atoms with Crippen LogP contribution >= 0.6 is 0 Å². The summed E-state index contributed by atoms with van der Waals surface area (Å²) < 4.78 is 5.12. The minimum Gasteiger partial charge on any atom is -0.398 e. The highest BCUT2D eigenvalue weighted by Crippen LogP contribution is 2.21. The van der Waals surface area contributed by atoms with Gasteiger partial charge in [-0.05, 0) is 43.0 Å². The van der Waals surface area contributed by atoms with Crippen LogP contribution in [0.3, 0.4) is 0 Å². The normalized spacial score (nSPS) is 15.2. The number of hydrogen-bond donors (Lipinski definition) is 1. The predicted molar refractivity (Wildman–Crippen MR) is 80.8 cm³/mol. The predicted octanol–water partition coefficient (Wildman–Crippen LogP) is 2.30. The van der Waals surface area contributed by atoms with E-state index >= 15 is 0 Å². The number of ether oxygens (including phenoxy) is 1. The standard InChI is InChI=1S/C16H22N2O2/c1-11-8-12(2)15(17)9-14(11)16(19)18-6-4-13(5-7-18)10-20-3/h4,8-9H,5-7,10,17H2,1-3H3. The van der Waals surface area contributed by atoms with E-state index < -0.39 is 0 Å². The zero-order valence-corrected chi connectivity index (χ0v) is 12.4. The van der Waals surface area contributed by atoms with Crippen LogP contribution in [-0.4, -0.2) is 37.6 Å². The molecule has 108 valence electrons. The lowest BCUT2D eigenvalue weighted by Crippen LogP contribution is -2.35. The van der Waals surface area contributed by atoms with Gasteiger partial charge in [0.05, 0.1) is 6.61 Å². The molecule has 0 radical (unpaired) electrons. The van der Waals surface area contributed by atoms with Gasteiger partial charge in [-0.3, -0.25) is 4.79 Å². The number of nitrogen functional groups attached to an aromatic ring is 1. The van der Waals surface area contributed by atoms with E-state index in [0.29, 0.717) is 24.4 Å². The van der Waals surface area contributed by atoms with Crippen LogP contribution in [0, 0.1) is 13.8 Å². The lowest BCUT2D eigenvalue weighted by Gasteiger charge is -2.27. The molecule has 2 rings (SSSR count). The Hall–Kier alpha value is -1.81. The summed E-state index contributed by atoms with van der Waals surface area (Å²) in [6.07, 6.45) is 2.96. The highest BCUT2D eigenvalue weighted by atomic mass is 16.5. The van der Waals surface area contributed by atoms with Crippen LogP contribution in [0.4, 0.5) is 5.69 Å². The Bertz CT molecular complexity index is 550. The number of methoxy groups -OCH3 is 1. The van der Waals surface area contributed by atoms with Crippen molar-refractivity contribution in [2.75, 3.05) is 32.5 Å².